The van der Waals surface area contributed by atoms with Gasteiger partial charge in [-0.15, -0.1) is 11.8 Å². The van der Waals surface area contributed by atoms with Crippen molar-refractivity contribution in [1.29, 1.82) is 0 Å². The highest BCUT2D eigenvalue weighted by atomic mass is 35.5. The number of carbonyl (C=O) groups excluding carboxylic acids is 2. The van der Waals surface area contributed by atoms with E-state index in [0.29, 0.717) is 27.9 Å². The molecule has 0 spiro atoms. The highest BCUT2D eigenvalue weighted by molar-refractivity contribution is 7.99. The molecule has 25 heavy (non-hydrogen) atoms. The molecule has 0 saturated carbocycles. The molecule has 134 valence electrons. The van der Waals surface area contributed by atoms with Crippen molar-refractivity contribution in [3.8, 4) is 0 Å². The molecule has 1 aromatic carbocycles. The number of carbonyl (C=O) groups is 2. The second-order valence-corrected chi connectivity index (χ2v) is 6.87. The molecule has 1 atom stereocenters. The predicted molar refractivity (Wildman–Crippen MR) is 99.0 cm³/mol. The summed E-state index contributed by atoms with van der Waals surface area (Å²) in [6, 6.07) is 8.91. The van der Waals surface area contributed by atoms with Crippen LogP contribution in [0.1, 0.15) is 40.4 Å². The van der Waals surface area contributed by atoms with E-state index in [1.54, 1.807) is 19.1 Å². The molecular formula is C18H20ClNO4S. The van der Waals surface area contributed by atoms with Crippen LogP contribution >= 0.6 is 23.4 Å². The van der Waals surface area contributed by atoms with Crippen LogP contribution in [0.15, 0.2) is 34.7 Å². The third kappa shape index (κ3) is 5.28. The number of halogens is 1. The molecule has 0 aliphatic rings. The van der Waals surface area contributed by atoms with E-state index in [0.717, 1.165) is 5.56 Å². The van der Waals surface area contributed by atoms with Crippen LogP contribution in [0.4, 0.5) is 0 Å². The van der Waals surface area contributed by atoms with Crippen LogP contribution in [0.2, 0.25) is 5.02 Å². The highest BCUT2D eigenvalue weighted by Gasteiger charge is 2.16. The van der Waals surface area contributed by atoms with E-state index in [2.05, 4.69) is 10.1 Å². The molecule has 0 saturated heterocycles. The van der Waals surface area contributed by atoms with Crippen LogP contribution < -0.4 is 5.32 Å². The minimum Gasteiger partial charge on any atom is -0.465 e. The average molecular weight is 382 g/mol. The van der Waals surface area contributed by atoms with E-state index in [1.807, 2.05) is 25.1 Å². The molecule has 0 aliphatic carbocycles. The number of thioether (sulfide) groups is 1. The summed E-state index contributed by atoms with van der Waals surface area (Å²) in [6.07, 6.45) is 0. The summed E-state index contributed by atoms with van der Waals surface area (Å²) in [4.78, 5) is 23.6. The van der Waals surface area contributed by atoms with Gasteiger partial charge in [-0.3, -0.25) is 4.79 Å². The summed E-state index contributed by atoms with van der Waals surface area (Å²) >= 11 is 7.54. The summed E-state index contributed by atoms with van der Waals surface area (Å²) in [5.41, 5.74) is 1.29. The van der Waals surface area contributed by atoms with Crippen molar-refractivity contribution in [3.63, 3.8) is 0 Å². The van der Waals surface area contributed by atoms with Gasteiger partial charge in [0.15, 0.2) is 0 Å². The standard InChI is InChI=1S/C18H20ClNO4S/c1-11(14-6-4-5-7-16(14)19)20-17(21)10-25-9-13-8-15(12(2)24-13)18(22)23-3/h4-8,11H,9-10H2,1-3H3,(H,20,21)/t11-/m0/s1. The van der Waals surface area contributed by atoms with E-state index < -0.39 is 5.97 Å². The lowest BCUT2D eigenvalue weighted by molar-refractivity contribution is -0.119. The summed E-state index contributed by atoms with van der Waals surface area (Å²) in [7, 11) is 1.33. The number of aryl methyl sites for hydroxylation is 1. The number of furan rings is 1. The topological polar surface area (TPSA) is 68.5 Å². The maximum atomic E-state index is 12.1. The fraction of sp³-hybridized carbons (Fsp3) is 0.333. The number of esters is 1. The van der Waals surface area contributed by atoms with Crippen LogP contribution in [-0.4, -0.2) is 24.7 Å². The zero-order chi connectivity index (χ0) is 18.4. The molecule has 0 unspecified atom stereocenters. The number of hydrogen-bond donors (Lipinski definition) is 1. The SMILES string of the molecule is COC(=O)c1cc(CSCC(=O)N[C@@H](C)c2ccccc2Cl)oc1C. The van der Waals surface area contributed by atoms with Gasteiger partial charge in [-0.1, -0.05) is 29.8 Å². The maximum Gasteiger partial charge on any atom is 0.341 e. The van der Waals surface area contributed by atoms with Crippen molar-refractivity contribution in [3.05, 3.63) is 58.0 Å². The summed E-state index contributed by atoms with van der Waals surface area (Å²) in [5, 5.41) is 3.55. The van der Waals surface area contributed by atoms with Gasteiger partial charge in [-0.05, 0) is 31.5 Å². The molecule has 0 bridgehead atoms. The minimum atomic E-state index is -0.427. The van der Waals surface area contributed by atoms with Gasteiger partial charge in [-0.2, -0.15) is 0 Å². The summed E-state index contributed by atoms with van der Waals surface area (Å²) in [6.45, 7) is 3.60. The Kier molecular flexibility index (Phi) is 6.96. The van der Waals surface area contributed by atoms with Crippen molar-refractivity contribution in [2.24, 2.45) is 0 Å². The molecule has 1 heterocycles. The molecule has 1 N–H and O–H groups in total. The fourth-order valence-electron chi connectivity index (χ4n) is 2.36. The second kappa shape index (κ2) is 8.97. The fourth-order valence-corrected chi connectivity index (χ4v) is 3.37. The Morgan fingerprint density at radius 2 is 2.08 bits per heavy atom. The minimum absolute atomic E-state index is 0.0890. The Bertz CT molecular complexity index is 759. The van der Waals surface area contributed by atoms with E-state index in [-0.39, 0.29) is 17.7 Å². The molecule has 0 fully saturated rings. The van der Waals surface area contributed by atoms with Crippen LogP contribution in [0.5, 0.6) is 0 Å². The largest absolute Gasteiger partial charge is 0.465 e. The third-order valence-corrected chi connectivity index (χ3v) is 4.90. The smallest absolute Gasteiger partial charge is 0.341 e. The van der Waals surface area contributed by atoms with Gasteiger partial charge in [-0.25, -0.2) is 4.79 Å². The Labute approximate surface area is 156 Å². The van der Waals surface area contributed by atoms with Crippen molar-refractivity contribution < 1.29 is 18.7 Å². The van der Waals surface area contributed by atoms with Crippen molar-refractivity contribution in [1.82, 2.24) is 5.32 Å². The highest BCUT2D eigenvalue weighted by Crippen LogP contribution is 2.23. The maximum absolute atomic E-state index is 12.1. The number of amides is 1. The Morgan fingerprint density at radius 3 is 2.76 bits per heavy atom. The average Bonchev–Trinajstić information content (AvgIpc) is 2.95. The molecule has 7 heteroatoms. The van der Waals surface area contributed by atoms with Gasteiger partial charge in [0.1, 0.15) is 17.1 Å². The summed E-state index contributed by atoms with van der Waals surface area (Å²) < 4.78 is 10.2. The molecule has 2 rings (SSSR count). The first-order valence-electron chi connectivity index (χ1n) is 7.71. The first-order valence-corrected chi connectivity index (χ1v) is 9.24. The van der Waals surface area contributed by atoms with Gasteiger partial charge in [0.05, 0.1) is 24.7 Å². The molecular weight excluding hydrogens is 362 g/mol. The molecule has 1 aromatic heterocycles. The van der Waals surface area contributed by atoms with Crippen LogP contribution in [-0.2, 0) is 15.3 Å². The first kappa shape index (κ1) is 19.4. The zero-order valence-corrected chi connectivity index (χ0v) is 15.9. The van der Waals surface area contributed by atoms with E-state index >= 15 is 0 Å². The lowest BCUT2D eigenvalue weighted by Crippen LogP contribution is -2.28. The first-order chi connectivity index (χ1) is 11.9. The van der Waals surface area contributed by atoms with Crippen LogP contribution in [0.3, 0.4) is 0 Å². The van der Waals surface area contributed by atoms with Crippen molar-refractivity contribution in [2.45, 2.75) is 25.6 Å². The molecule has 1 amide bonds. The monoisotopic (exact) mass is 381 g/mol. The van der Waals surface area contributed by atoms with Gasteiger partial charge >= 0.3 is 5.97 Å². The van der Waals surface area contributed by atoms with Gasteiger partial charge in [0, 0.05) is 5.02 Å². The molecule has 5 nitrogen and oxygen atoms in total. The van der Waals surface area contributed by atoms with Gasteiger partial charge in [0.25, 0.3) is 0 Å². The second-order valence-electron chi connectivity index (χ2n) is 5.48. The lowest BCUT2D eigenvalue weighted by Gasteiger charge is -2.15. The van der Waals surface area contributed by atoms with Crippen molar-refractivity contribution in [2.75, 3.05) is 12.9 Å². The molecule has 2 aromatic rings. The Morgan fingerprint density at radius 1 is 1.36 bits per heavy atom. The summed E-state index contributed by atoms with van der Waals surface area (Å²) in [5.74, 6) is 1.40. The van der Waals surface area contributed by atoms with Crippen molar-refractivity contribution >= 4 is 35.2 Å². The number of nitrogens with one attached hydrogen (secondary N) is 1. The van der Waals surface area contributed by atoms with E-state index in [9.17, 15) is 9.59 Å². The number of benzene rings is 1. The number of methoxy groups -OCH3 is 1. The quantitative estimate of drug-likeness (QED) is 0.730. The number of hydrogen-bond acceptors (Lipinski definition) is 5. The third-order valence-electron chi connectivity index (χ3n) is 3.60. The van der Waals surface area contributed by atoms with Gasteiger partial charge in [0.2, 0.25) is 5.91 Å². The number of rotatable bonds is 7. The molecule has 0 radical (unpaired) electrons. The predicted octanol–water partition coefficient (Wildman–Crippen LogP) is 4.14. The Balaban J connectivity index is 1.83. The zero-order valence-electron chi connectivity index (χ0n) is 14.3. The van der Waals surface area contributed by atoms with E-state index in [1.165, 1.54) is 18.9 Å². The Hall–Kier alpha value is -1.92. The van der Waals surface area contributed by atoms with Gasteiger partial charge < -0.3 is 14.5 Å². The number of ether oxygens (including phenoxy) is 1. The van der Waals surface area contributed by atoms with Crippen LogP contribution in [0.25, 0.3) is 0 Å². The lowest BCUT2D eigenvalue weighted by atomic mass is 10.1. The molecule has 0 aliphatic heterocycles. The normalized spacial score (nSPS) is 11.8. The van der Waals surface area contributed by atoms with E-state index in [4.69, 9.17) is 16.0 Å². The van der Waals surface area contributed by atoms with Crippen LogP contribution in [0, 0.1) is 6.92 Å².